The predicted molar refractivity (Wildman–Crippen MR) is 87.1 cm³/mol. The van der Waals surface area contributed by atoms with Gasteiger partial charge in [0.15, 0.2) is 0 Å². The Kier molecular flexibility index (Phi) is 4.01. The third kappa shape index (κ3) is 2.82. The first-order valence-corrected chi connectivity index (χ1v) is 7.64. The van der Waals surface area contributed by atoms with Gasteiger partial charge >= 0.3 is 0 Å². The lowest BCUT2D eigenvalue weighted by Crippen LogP contribution is -2.36. The number of ketones is 1. The average Bonchev–Trinajstić information content (AvgIpc) is 2.56. The first-order valence-electron chi connectivity index (χ1n) is 7.64. The van der Waals surface area contributed by atoms with Gasteiger partial charge in [-0.05, 0) is 24.0 Å². The lowest BCUT2D eigenvalue weighted by molar-refractivity contribution is -0.124. The quantitative estimate of drug-likeness (QED) is 0.788. The Labute approximate surface area is 126 Å². The van der Waals surface area contributed by atoms with Crippen LogP contribution < -0.4 is 0 Å². The molecule has 0 aromatic heterocycles. The number of Topliss-reactive ketones (excluding diaryl/α,β-unsaturated/α-hetero) is 1. The van der Waals surface area contributed by atoms with E-state index in [-0.39, 0.29) is 0 Å². The van der Waals surface area contributed by atoms with Gasteiger partial charge in [-0.3, -0.25) is 4.79 Å². The van der Waals surface area contributed by atoms with E-state index in [2.05, 4.69) is 36.4 Å². The average molecular weight is 276 g/mol. The summed E-state index contributed by atoms with van der Waals surface area (Å²) in [6.07, 6.45) is 7.95. The molecule has 0 spiro atoms. The fraction of sp³-hybridized carbons (Fsp3) is 0.250. The zero-order valence-electron chi connectivity index (χ0n) is 12.2. The van der Waals surface area contributed by atoms with E-state index in [0.29, 0.717) is 12.2 Å². The van der Waals surface area contributed by atoms with Gasteiger partial charge in [-0.2, -0.15) is 0 Å². The molecule has 1 heteroatoms. The second-order valence-electron chi connectivity index (χ2n) is 5.71. The van der Waals surface area contributed by atoms with Crippen LogP contribution in [0.15, 0.2) is 66.7 Å². The van der Waals surface area contributed by atoms with Crippen LogP contribution in [0.5, 0.6) is 0 Å². The second kappa shape index (κ2) is 6.09. The smallest absolute Gasteiger partial charge is 0.147 e. The summed E-state index contributed by atoms with van der Waals surface area (Å²) >= 11 is 0. The van der Waals surface area contributed by atoms with Crippen LogP contribution in [0.1, 0.15) is 36.8 Å². The van der Waals surface area contributed by atoms with E-state index < -0.39 is 5.41 Å². The third-order valence-electron chi connectivity index (χ3n) is 4.37. The van der Waals surface area contributed by atoms with Crippen LogP contribution >= 0.6 is 0 Å². The molecule has 106 valence electrons. The topological polar surface area (TPSA) is 17.1 Å². The summed E-state index contributed by atoms with van der Waals surface area (Å²) in [4.78, 5) is 12.7. The summed E-state index contributed by atoms with van der Waals surface area (Å²) in [7, 11) is 0. The molecule has 3 rings (SSSR count). The Morgan fingerprint density at radius 3 is 2.19 bits per heavy atom. The number of allylic oxidation sites excluding steroid dienone is 1. The van der Waals surface area contributed by atoms with E-state index in [1.165, 1.54) is 0 Å². The molecule has 1 aliphatic rings. The Morgan fingerprint density at radius 2 is 1.52 bits per heavy atom. The van der Waals surface area contributed by atoms with E-state index in [4.69, 9.17) is 0 Å². The SMILES string of the molecule is O=C1CCCCC1(/C=C/c1ccccc1)c1ccccc1. The standard InChI is InChI=1S/C20H20O/c21-19-13-7-8-15-20(19,18-11-5-2-6-12-18)16-14-17-9-3-1-4-10-17/h1-6,9-12,14,16H,7-8,13,15H2/b16-14+. The number of hydrogen-bond acceptors (Lipinski definition) is 1. The number of rotatable bonds is 3. The first-order chi connectivity index (χ1) is 10.3. The van der Waals surface area contributed by atoms with Crippen LogP contribution in [-0.4, -0.2) is 5.78 Å². The molecule has 2 aromatic carbocycles. The van der Waals surface area contributed by atoms with Gasteiger partial charge in [0, 0.05) is 6.42 Å². The highest BCUT2D eigenvalue weighted by atomic mass is 16.1. The lowest BCUT2D eigenvalue weighted by atomic mass is 9.68. The molecule has 0 N–H and O–H groups in total. The van der Waals surface area contributed by atoms with Crippen molar-refractivity contribution in [2.45, 2.75) is 31.1 Å². The van der Waals surface area contributed by atoms with Gasteiger partial charge in [0.05, 0.1) is 5.41 Å². The van der Waals surface area contributed by atoms with E-state index >= 15 is 0 Å². The molecule has 0 aliphatic heterocycles. The molecule has 1 aliphatic carbocycles. The second-order valence-corrected chi connectivity index (χ2v) is 5.71. The molecule has 1 nitrogen and oxygen atoms in total. The fourth-order valence-electron chi connectivity index (χ4n) is 3.17. The monoisotopic (exact) mass is 276 g/mol. The molecule has 0 amide bonds. The molecule has 1 unspecified atom stereocenters. The maximum atomic E-state index is 12.7. The zero-order chi connectivity index (χ0) is 14.5. The fourth-order valence-corrected chi connectivity index (χ4v) is 3.17. The molecule has 0 radical (unpaired) electrons. The molecule has 0 bridgehead atoms. The van der Waals surface area contributed by atoms with Gasteiger partial charge in [-0.25, -0.2) is 0 Å². The minimum absolute atomic E-state index is 0.354. The van der Waals surface area contributed by atoms with Crippen LogP contribution in [0.4, 0.5) is 0 Å². The largest absolute Gasteiger partial charge is 0.298 e. The van der Waals surface area contributed by atoms with Crippen LogP contribution in [0.3, 0.4) is 0 Å². The van der Waals surface area contributed by atoms with E-state index in [1.54, 1.807) is 0 Å². The van der Waals surface area contributed by atoms with Crippen LogP contribution in [-0.2, 0) is 10.2 Å². The summed E-state index contributed by atoms with van der Waals surface area (Å²) < 4.78 is 0. The molecular formula is C20H20O. The van der Waals surface area contributed by atoms with Gasteiger partial charge in [0.25, 0.3) is 0 Å². The Balaban J connectivity index is 2.01. The van der Waals surface area contributed by atoms with Crippen molar-refractivity contribution in [3.05, 3.63) is 77.9 Å². The Bertz CT molecular complexity index is 627. The summed E-state index contributed by atoms with van der Waals surface area (Å²) in [6.45, 7) is 0. The zero-order valence-corrected chi connectivity index (χ0v) is 12.2. The summed E-state index contributed by atoms with van der Waals surface area (Å²) in [5.74, 6) is 0.354. The lowest BCUT2D eigenvalue weighted by Gasteiger charge is -2.33. The van der Waals surface area contributed by atoms with Crippen LogP contribution in [0.2, 0.25) is 0 Å². The molecule has 21 heavy (non-hydrogen) atoms. The van der Waals surface area contributed by atoms with Crippen LogP contribution in [0, 0.1) is 0 Å². The molecule has 1 atom stereocenters. The maximum absolute atomic E-state index is 12.7. The molecule has 1 fully saturated rings. The Morgan fingerprint density at radius 1 is 0.857 bits per heavy atom. The van der Waals surface area contributed by atoms with Gasteiger partial charge in [-0.1, -0.05) is 79.2 Å². The summed E-state index contributed by atoms with van der Waals surface area (Å²) in [5.41, 5.74) is 1.84. The number of carbonyl (C=O) groups is 1. The number of hydrogen-bond donors (Lipinski definition) is 0. The van der Waals surface area contributed by atoms with Crippen molar-refractivity contribution in [2.24, 2.45) is 0 Å². The van der Waals surface area contributed by atoms with E-state index in [1.807, 2.05) is 36.4 Å². The highest BCUT2D eigenvalue weighted by Gasteiger charge is 2.38. The van der Waals surface area contributed by atoms with E-state index in [9.17, 15) is 4.79 Å². The highest BCUT2D eigenvalue weighted by molar-refractivity contribution is 5.93. The molecule has 2 aromatic rings. The summed E-state index contributed by atoms with van der Waals surface area (Å²) in [5, 5.41) is 0. The van der Waals surface area contributed by atoms with Crippen molar-refractivity contribution in [1.29, 1.82) is 0 Å². The summed E-state index contributed by atoms with van der Waals surface area (Å²) in [6, 6.07) is 20.4. The Hall–Kier alpha value is -2.15. The van der Waals surface area contributed by atoms with Gasteiger partial charge in [0.2, 0.25) is 0 Å². The van der Waals surface area contributed by atoms with Crippen molar-refractivity contribution in [3.8, 4) is 0 Å². The van der Waals surface area contributed by atoms with Crippen molar-refractivity contribution >= 4 is 11.9 Å². The van der Waals surface area contributed by atoms with Gasteiger partial charge in [-0.15, -0.1) is 0 Å². The van der Waals surface area contributed by atoms with Crippen LogP contribution in [0.25, 0.3) is 6.08 Å². The van der Waals surface area contributed by atoms with E-state index in [0.717, 1.165) is 30.4 Å². The molecule has 1 saturated carbocycles. The first kappa shape index (κ1) is 13.8. The molecule has 0 saturated heterocycles. The van der Waals surface area contributed by atoms with Gasteiger partial charge < -0.3 is 0 Å². The molecular weight excluding hydrogens is 256 g/mol. The highest BCUT2D eigenvalue weighted by Crippen LogP contribution is 2.38. The number of carbonyl (C=O) groups excluding carboxylic acids is 1. The minimum Gasteiger partial charge on any atom is -0.298 e. The van der Waals surface area contributed by atoms with Crippen molar-refractivity contribution in [2.75, 3.05) is 0 Å². The molecule has 0 heterocycles. The number of benzene rings is 2. The third-order valence-corrected chi connectivity index (χ3v) is 4.37. The predicted octanol–water partition coefficient (Wildman–Crippen LogP) is 4.78. The van der Waals surface area contributed by atoms with Crippen molar-refractivity contribution < 1.29 is 4.79 Å². The maximum Gasteiger partial charge on any atom is 0.147 e. The van der Waals surface area contributed by atoms with Crippen molar-refractivity contribution in [3.63, 3.8) is 0 Å². The minimum atomic E-state index is -0.435. The normalized spacial score (nSPS) is 22.6. The van der Waals surface area contributed by atoms with Crippen molar-refractivity contribution in [1.82, 2.24) is 0 Å². The van der Waals surface area contributed by atoms with Gasteiger partial charge in [0.1, 0.15) is 5.78 Å².